The Kier molecular flexibility index (Phi) is 5.60. The third kappa shape index (κ3) is 3.80. The van der Waals surface area contributed by atoms with Gasteiger partial charge in [0, 0.05) is 12.3 Å². The van der Waals surface area contributed by atoms with E-state index in [1.165, 1.54) is 5.56 Å². The molecule has 6 heteroatoms. The standard InChI is InChI=1S/C19H20N2O2S2/c1-13-8-9-15-17(12-13)25-19(21(15)10-11-24-3)20-18(22)14-6-4-5-7-16(14)23-2/h4-9,12H,10-11H2,1-3H3. The average Bonchev–Trinajstić information content (AvgIpc) is 2.95. The van der Waals surface area contributed by atoms with Gasteiger partial charge in [-0.25, -0.2) is 0 Å². The highest BCUT2D eigenvalue weighted by atomic mass is 32.2. The number of ether oxygens (including phenoxy) is 1. The van der Waals surface area contributed by atoms with Gasteiger partial charge in [0.25, 0.3) is 5.91 Å². The van der Waals surface area contributed by atoms with Crippen LogP contribution < -0.4 is 9.54 Å². The zero-order valence-corrected chi connectivity index (χ0v) is 16.1. The SMILES string of the molecule is COc1ccccc1C(=O)N=c1sc2cc(C)ccc2n1CCSC. The first-order chi connectivity index (χ1) is 12.1. The van der Waals surface area contributed by atoms with Gasteiger partial charge in [0.1, 0.15) is 5.75 Å². The van der Waals surface area contributed by atoms with Gasteiger partial charge in [-0.05, 0) is 43.0 Å². The largest absolute Gasteiger partial charge is 0.496 e. The van der Waals surface area contributed by atoms with E-state index in [2.05, 4.69) is 40.9 Å². The molecular weight excluding hydrogens is 352 g/mol. The number of carbonyl (C=O) groups is 1. The molecule has 2 aromatic carbocycles. The summed E-state index contributed by atoms with van der Waals surface area (Å²) in [5.74, 6) is 1.23. The first-order valence-corrected chi connectivity index (χ1v) is 10.2. The number of aryl methyl sites for hydroxylation is 2. The Morgan fingerprint density at radius 1 is 1.28 bits per heavy atom. The Morgan fingerprint density at radius 3 is 2.84 bits per heavy atom. The molecule has 0 aliphatic heterocycles. The monoisotopic (exact) mass is 372 g/mol. The molecule has 1 aromatic heterocycles. The summed E-state index contributed by atoms with van der Waals surface area (Å²) in [5, 5.41) is 0. The minimum absolute atomic E-state index is 0.279. The van der Waals surface area contributed by atoms with Crippen molar-refractivity contribution in [3.63, 3.8) is 0 Å². The number of benzene rings is 2. The second kappa shape index (κ2) is 7.89. The topological polar surface area (TPSA) is 43.6 Å². The minimum Gasteiger partial charge on any atom is -0.496 e. The normalized spacial score (nSPS) is 11.9. The number of amides is 1. The van der Waals surface area contributed by atoms with Crippen LogP contribution in [0.5, 0.6) is 5.75 Å². The highest BCUT2D eigenvalue weighted by Crippen LogP contribution is 2.21. The van der Waals surface area contributed by atoms with Crippen molar-refractivity contribution in [1.29, 1.82) is 0 Å². The van der Waals surface area contributed by atoms with Gasteiger partial charge in [0.15, 0.2) is 4.80 Å². The summed E-state index contributed by atoms with van der Waals surface area (Å²) in [4.78, 5) is 17.8. The molecule has 4 nitrogen and oxygen atoms in total. The Hall–Kier alpha value is -2.05. The van der Waals surface area contributed by atoms with E-state index in [9.17, 15) is 4.79 Å². The first kappa shape index (κ1) is 17.8. The van der Waals surface area contributed by atoms with Crippen LogP contribution in [-0.4, -0.2) is 29.6 Å². The van der Waals surface area contributed by atoms with E-state index in [-0.39, 0.29) is 5.91 Å². The molecule has 0 atom stereocenters. The highest BCUT2D eigenvalue weighted by molar-refractivity contribution is 7.98. The number of thiazole rings is 1. The van der Waals surface area contributed by atoms with E-state index < -0.39 is 0 Å². The lowest BCUT2D eigenvalue weighted by Gasteiger charge is -2.05. The number of nitrogens with zero attached hydrogens (tertiary/aromatic N) is 2. The molecule has 0 aliphatic rings. The van der Waals surface area contributed by atoms with Crippen molar-refractivity contribution in [2.24, 2.45) is 4.99 Å². The molecule has 3 rings (SSSR count). The maximum atomic E-state index is 12.7. The first-order valence-electron chi connectivity index (χ1n) is 7.95. The second-order valence-electron chi connectivity index (χ2n) is 5.62. The van der Waals surface area contributed by atoms with Crippen molar-refractivity contribution >= 4 is 39.2 Å². The molecule has 0 N–H and O–H groups in total. The van der Waals surface area contributed by atoms with Crippen LogP contribution in [0.15, 0.2) is 47.5 Å². The van der Waals surface area contributed by atoms with Crippen molar-refractivity contribution in [2.45, 2.75) is 13.5 Å². The molecule has 0 spiro atoms. The van der Waals surface area contributed by atoms with Crippen LogP contribution in [0, 0.1) is 6.92 Å². The van der Waals surface area contributed by atoms with Crippen LogP contribution in [0.3, 0.4) is 0 Å². The predicted octanol–water partition coefficient (Wildman–Crippen LogP) is 4.12. The van der Waals surface area contributed by atoms with Gasteiger partial charge in [0.05, 0.1) is 22.9 Å². The minimum atomic E-state index is -0.279. The third-order valence-corrected chi connectivity index (χ3v) is 5.52. The van der Waals surface area contributed by atoms with Crippen LogP contribution in [0.25, 0.3) is 10.2 Å². The number of hydrogen-bond donors (Lipinski definition) is 0. The number of rotatable bonds is 5. The van der Waals surface area contributed by atoms with Crippen molar-refractivity contribution in [3.8, 4) is 5.75 Å². The third-order valence-electron chi connectivity index (χ3n) is 3.89. The van der Waals surface area contributed by atoms with E-state index >= 15 is 0 Å². The van der Waals surface area contributed by atoms with Gasteiger partial charge in [-0.1, -0.05) is 29.5 Å². The molecule has 0 saturated heterocycles. The Balaban J connectivity index is 2.12. The zero-order chi connectivity index (χ0) is 17.8. The van der Waals surface area contributed by atoms with Crippen molar-refractivity contribution in [2.75, 3.05) is 19.1 Å². The summed E-state index contributed by atoms with van der Waals surface area (Å²) < 4.78 is 8.56. The van der Waals surface area contributed by atoms with Gasteiger partial charge in [-0.15, -0.1) is 0 Å². The van der Waals surface area contributed by atoms with E-state index in [0.717, 1.165) is 27.3 Å². The van der Waals surface area contributed by atoms with Gasteiger partial charge in [-0.2, -0.15) is 16.8 Å². The number of aromatic nitrogens is 1. The number of hydrogen-bond acceptors (Lipinski definition) is 4. The molecule has 0 bridgehead atoms. The molecule has 130 valence electrons. The number of para-hydroxylation sites is 1. The fraction of sp³-hybridized carbons (Fsp3) is 0.263. The molecular formula is C19H20N2O2S2. The lowest BCUT2D eigenvalue weighted by atomic mass is 10.2. The summed E-state index contributed by atoms with van der Waals surface area (Å²) >= 11 is 3.33. The van der Waals surface area contributed by atoms with E-state index in [0.29, 0.717) is 11.3 Å². The number of fused-ring (bicyclic) bond motifs is 1. The lowest BCUT2D eigenvalue weighted by molar-refractivity contribution is 0.0995. The second-order valence-corrected chi connectivity index (χ2v) is 7.61. The molecule has 0 radical (unpaired) electrons. The van der Waals surface area contributed by atoms with Crippen molar-refractivity contribution in [3.05, 3.63) is 58.4 Å². The summed E-state index contributed by atoms with van der Waals surface area (Å²) in [6.07, 6.45) is 2.08. The number of methoxy groups -OCH3 is 1. The van der Waals surface area contributed by atoms with Crippen LogP contribution in [0.1, 0.15) is 15.9 Å². The molecule has 3 aromatic rings. The van der Waals surface area contributed by atoms with E-state index in [1.807, 2.05) is 12.1 Å². The Morgan fingerprint density at radius 2 is 2.08 bits per heavy atom. The van der Waals surface area contributed by atoms with Crippen molar-refractivity contribution < 1.29 is 9.53 Å². The van der Waals surface area contributed by atoms with Crippen LogP contribution >= 0.6 is 23.1 Å². The molecule has 0 aliphatic carbocycles. The maximum Gasteiger partial charge on any atom is 0.283 e. The lowest BCUT2D eigenvalue weighted by Crippen LogP contribution is -2.18. The Labute approximate surface area is 155 Å². The predicted molar refractivity (Wildman–Crippen MR) is 106 cm³/mol. The van der Waals surface area contributed by atoms with Crippen LogP contribution in [-0.2, 0) is 6.54 Å². The average molecular weight is 373 g/mol. The summed E-state index contributed by atoms with van der Waals surface area (Å²) in [6.45, 7) is 2.89. The smallest absolute Gasteiger partial charge is 0.283 e. The van der Waals surface area contributed by atoms with Gasteiger partial charge < -0.3 is 9.30 Å². The molecule has 25 heavy (non-hydrogen) atoms. The Bertz CT molecular complexity index is 973. The maximum absolute atomic E-state index is 12.7. The number of carbonyl (C=O) groups excluding carboxylic acids is 1. The molecule has 0 unspecified atom stereocenters. The highest BCUT2D eigenvalue weighted by Gasteiger charge is 2.12. The van der Waals surface area contributed by atoms with Gasteiger partial charge >= 0.3 is 0 Å². The molecule has 1 amide bonds. The van der Waals surface area contributed by atoms with Crippen LogP contribution in [0.2, 0.25) is 0 Å². The van der Waals surface area contributed by atoms with Crippen molar-refractivity contribution in [1.82, 2.24) is 4.57 Å². The summed E-state index contributed by atoms with van der Waals surface area (Å²) in [7, 11) is 1.56. The fourth-order valence-electron chi connectivity index (χ4n) is 2.63. The molecule has 0 fully saturated rings. The number of thioether (sulfide) groups is 1. The summed E-state index contributed by atoms with van der Waals surface area (Å²) in [5.41, 5.74) is 2.81. The van der Waals surface area contributed by atoms with Crippen LogP contribution in [0.4, 0.5) is 0 Å². The molecule has 0 saturated carbocycles. The fourth-order valence-corrected chi connectivity index (χ4v) is 4.15. The molecule has 1 heterocycles. The van der Waals surface area contributed by atoms with E-state index in [4.69, 9.17) is 4.74 Å². The quantitative estimate of drug-likeness (QED) is 0.676. The zero-order valence-electron chi connectivity index (χ0n) is 14.5. The summed E-state index contributed by atoms with van der Waals surface area (Å²) in [6, 6.07) is 13.5. The van der Waals surface area contributed by atoms with E-state index in [1.54, 1.807) is 42.3 Å². The van der Waals surface area contributed by atoms with Gasteiger partial charge in [0.2, 0.25) is 0 Å². The van der Waals surface area contributed by atoms with Gasteiger partial charge in [-0.3, -0.25) is 4.79 Å².